The molecule has 6 N–H and O–H groups in total. The van der Waals surface area contributed by atoms with Gasteiger partial charge in [0.2, 0.25) is 0 Å². The van der Waals surface area contributed by atoms with Crippen LogP contribution in [0.4, 0.5) is 11.6 Å². The highest BCUT2D eigenvalue weighted by Crippen LogP contribution is 2.38. The third kappa shape index (κ3) is 2.69. The van der Waals surface area contributed by atoms with Gasteiger partial charge >= 0.3 is 0 Å². The molecule has 0 aromatic carbocycles. The second-order valence-electron chi connectivity index (χ2n) is 4.69. The van der Waals surface area contributed by atoms with Crippen LogP contribution in [-0.2, 0) is 0 Å². The first-order valence-corrected chi connectivity index (χ1v) is 5.87. The summed E-state index contributed by atoms with van der Waals surface area (Å²) in [6.07, 6.45) is 2.10. The summed E-state index contributed by atoms with van der Waals surface area (Å²) in [6.45, 7) is -1.24. The molecule has 1 fully saturated rings. The van der Waals surface area contributed by atoms with Gasteiger partial charge in [0.15, 0.2) is 0 Å². The van der Waals surface area contributed by atoms with Crippen molar-refractivity contribution in [3.63, 3.8) is 0 Å². The van der Waals surface area contributed by atoms with Gasteiger partial charge in [-0.05, 0) is 12.8 Å². The molecule has 0 bridgehead atoms. The molecule has 1 aromatic rings. The van der Waals surface area contributed by atoms with E-state index >= 15 is 0 Å². The number of hydrogen-bond donors (Lipinski definition) is 5. The van der Waals surface area contributed by atoms with Gasteiger partial charge in [-0.25, -0.2) is 9.97 Å². The molecule has 7 heteroatoms. The summed E-state index contributed by atoms with van der Waals surface area (Å²) < 4.78 is 0. The van der Waals surface area contributed by atoms with Gasteiger partial charge in [0.1, 0.15) is 23.0 Å². The standard InChI is InChI=1S/C11H18N4O3/c12-8-3-9(14-10(13-8)7-1-2-7)15-11(4-16,5-17)6-18/h3,7,16-18H,1-2,4-6H2,(H3,12,13,14,15). The minimum Gasteiger partial charge on any atom is -0.394 e. The van der Waals surface area contributed by atoms with Crippen molar-refractivity contribution >= 4 is 11.6 Å². The fourth-order valence-electron chi connectivity index (χ4n) is 1.61. The Morgan fingerprint density at radius 3 is 2.33 bits per heavy atom. The number of aliphatic hydroxyl groups excluding tert-OH is 3. The number of aromatic nitrogens is 2. The number of nitrogen functional groups attached to an aromatic ring is 1. The highest BCUT2D eigenvalue weighted by Gasteiger charge is 2.30. The Morgan fingerprint density at radius 1 is 1.22 bits per heavy atom. The first-order valence-electron chi connectivity index (χ1n) is 5.87. The predicted octanol–water partition coefficient (Wildman–Crippen LogP) is -0.936. The van der Waals surface area contributed by atoms with E-state index in [2.05, 4.69) is 15.3 Å². The van der Waals surface area contributed by atoms with Gasteiger partial charge in [-0.1, -0.05) is 0 Å². The molecule has 0 atom stereocenters. The number of anilines is 2. The molecule has 1 aliphatic carbocycles. The molecule has 0 unspecified atom stereocenters. The normalized spacial score (nSPS) is 15.7. The van der Waals surface area contributed by atoms with E-state index in [9.17, 15) is 15.3 Å². The quantitative estimate of drug-likeness (QED) is 0.444. The Balaban J connectivity index is 2.21. The van der Waals surface area contributed by atoms with Gasteiger partial charge < -0.3 is 26.4 Å². The van der Waals surface area contributed by atoms with Crippen LogP contribution in [-0.4, -0.2) is 50.6 Å². The van der Waals surface area contributed by atoms with Gasteiger partial charge in [-0.15, -0.1) is 0 Å². The fourth-order valence-corrected chi connectivity index (χ4v) is 1.61. The zero-order chi connectivity index (χ0) is 13.2. The van der Waals surface area contributed by atoms with E-state index in [1.165, 1.54) is 6.07 Å². The lowest BCUT2D eigenvalue weighted by atomic mass is 10.0. The Labute approximate surface area is 105 Å². The summed E-state index contributed by atoms with van der Waals surface area (Å²) in [6, 6.07) is 1.52. The molecule has 0 radical (unpaired) electrons. The first-order chi connectivity index (χ1) is 8.62. The third-order valence-corrected chi connectivity index (χ3v) is 3.01. The SMILES string of the molecule is Nc1cc(NC(CO)(CO)CO)nc(C2CC2)n1. The summed E-state index contributed by atoms with van der Waals surface area (Å²) in [5.74, 6) is 1.75. The van der Waals surface area contributed by atoms with E-state index in [1.54, 1.807) is 0 Å². The zero-order valence-corrected chi connectivity index (χ0v) is 10.0. The van der Waals surface area contributed by atoms with Crippen LogP contribution in [0.3, 0.4) is 0 Å². The van der Waals surface area contributed by atoms with Crippen LogP contribution >= 0.6 is 0 Å². The van der Waals surface area contributed by atoms with Crippen molar-refractivity contribution in [1.82, 2.24) is 9.97 Å². The van der Waals surface area contributed by atoms with Gasteiger partial charge in [-0.2, -0.15) is 0 Å². The van der Waals surface area contributed by atoms with E-state index < -0.39 is 25.4 Å². The maximum absolute atomic E-state index is 9.24. The summed E-state index contributed by atoms with van der Waals surface area (Å²) in [5, 5.41) is 30.5. The number of rotatable bonds is 6. The van der Waals surface area contributed by atoms with Crippen molar-refractivity contribution in [3.8, 4) is 0 Å². The second kappa shape index (κ2) is 5.05. The number of nitrogens with one attached hydrogen (secondary N) is 1. The van der Waals surface area contributed by atoms with Crippen LogP contribution in [0.1, 0.15) is 24.6 Å². The zero-order valence-electron chi connectivity index (χ0n) is 10.0. The molecule has 0 saturated heterocycles. The topological polar surface area (TPSA) is 125 Å². The van der Waals surface area contributed by atoms with Crippen LogP contribution in [0.25, 0.3) is 0 Å². The number of hydrogen-bond acceptors (Lipinski definition) is 7. The lowest BCUT2D eigenvalue weighted by Crippen LogP contribution is -2.49. The number of aliphatic hydroxyl groups is 3. The highest BCUT2D eigenvalue weighted by molar-refractivity contribution is 5.47. The Hall–Kier alpha value is -1.44. The Morgan fingerprint density at radius 2 is 1.83 bits per heavy atom. The third-order valence-electron chi connectivity index (χ3n) is 3.01. The smallest absolute Gasteiger partial charge is 0.136 e. The van der Waals surface area contributed by atoms with Crippen LogP contribution in [0, 0.1) is 0 Å². The van der Waals surface area contributed by atoms with Crippen molar-refractivity contribution < 1.29 is 15.3 Å². The Kier molecular flexibility index (Phi) is 3.65. The van der Waals surface area contributed by atoms with E-state index in [-0.39, 0.29) is 0 Å². The van der Waals surface area contributed by atoms with Crippen molar-refractivity contribution in [1.29, 1.82) is 0 Å². The molecule has 0 spiro atoms. The molecule has 100 valence electrons. The second-order valence-corrected chi connectivity index (χ2v) is 4.69. The first kappa shape index (κ1) is 13.0. The Bertz CT molecular complexity index is 410. The van der Waals surface area contributed by atoms with E-state index in [1.807, 2.05) is 0 Å². The highest BCUT2D eigenvalue weighted by atomic mass is 16.3. The van der Waals surface area contributed by atoms with Gasteiger partial charge in [0.05, 0.1) is 19.8 Å². The maximum atomic E-state index is 9.24. The molecule has 1 aromatic heterocycles. The summed E-state index contributed by atoms with van der Waals surface area (Å²) in [7, 11) is 0. The molecule has 1 aliphatic rings. The van der Waals surface area contributed by atoms with Gasteiger partial charge in [-0.3, -0.25) is 0 Å². The molecule has 0 amide bonds. The molecule has 7 nitrogen and oxygen atoms in total. The lowest BCUT2D eigenvalue weighted by molar-refractivity contribution is 0.0831. The minimum atomic E-state index is -1.21. The van der Waals surface area contributed by atoms with E-state index in [4.69, 9.17) is 5.73 Å². The maximum Gasteiger partial charge on any atom is 0.136 e. The number of nitrogens with zero attached hydrogens (tertiary/aromatic N) is 2. The van der Waals surface area contributed by atoms with Crippen LogP contribution in [0.2, 0.25) is 0 Å². The van der Waals surface area contributed by atoms with Crippen molar-refractivity contribution in [2.24, 2.45) is 0 Å². The fraction of sp³-hybridized carbons (Fsp3) is 0.636. The van der Waals surface area contributed by atoms with E-state index in [0.29, 0.717) is 23.4 Å². The molecule has 2 rings (SSSR count). The predicted molar refractivity (Wildman–Crippen MR) is 66.0 cm³/mol. The minimum absolute atomic E-state index is 0.331. The van der Waals surface area contributed by atoms with Crippen LogP contribution in [0.15, 0.2) is 6.07 Å². The van der Waals surface area contributed by atoms with Crippen LogP contribution < -0.4 is 11.1 Å². The molecular formula is C11H18N4O3. The van der Waals surface area contributed by atoms with Gasteiger partial charge in [0.25, 0.3) is 0 Å². The van der Waals surface area contributed by atoms with Crippen molar-refractivity contribution in [2.75, 3.05) is 30.9 Å². The molecule has 18 heavy (non-hydrogen) atoms. The average Bonchev–Trinajstić information content (AvgIpc) is 3.20. The summed E-state index contributed by atoms with van der Waals surface area (Å²) >= 11 is 0. The van der Waals surface area contributed by atoms with Crippen molar-refractivity contribution in [2.45, 2.75) is 24.3 Å². The molecular weight excluding hydrogens is 236 g/mol. The molecule has 0 aliphatic heterocycles. The summed E-state index contributed by atoms with van der Waals surface area (Å²) in [4.78, 5) is 8.43. The average molecular weight is 254 g/mol. The monoisotopic (exact) mass is 254 g/mol. The largest absolute Gasteiger partial charge is 0.394 e. The van der Waals surface area contributed by atoms with Crippen LogP contribution in [0.5, 0.6) is 0 Å². The van der Waals surface area contributed by atoms with E-state index in [0.717, 1.165) is 12.8 Å². The molecule has 1 saturated carbocycles. The van der Waals surface area contributed by atoms with Gasteiger partial charge in [0, 0.05) is 12.0 Å². The number of nitrogens with two attached hydrogens (primary N) is 1. The summed E-state index contributed by atoms with van der Waals surface area (Å²) in [5.41, 5.74) is 4.48. The lowest BCUT2D eigenvalue weighted by Gasteiger charge is -2.29. The van der Waals surface area contributed by atoms with Crippen molar-refractivity contribution in [3.05, 3.63) is 11.9 Å². The molecule has 1 heterocycles.